The van der Waals surface area contributed by atoms with Gasteiger partial charge in [-0.3, -0.25) is 9.36 Å². The molecule has 0 atom stereocenters. The molecule has 90 valence electrons. The van der Waals surface area contributed by atoms with Gasteiger partial charge in [-0.15, -0.1) is 0 Å². The molecule has 0 saturated carbocycles. The number of nitrogens with zero attached hydrogens (tertiary/aromatic N) is 2. The van der Waals surface area contributed by atoms with Crippen LogP contribution in [0.15, 0.2) is 29.3 Å². The van der Waals surface area contributed by atoms with Gasteiger partial charge >= 0.3 is 0 Å². The summed E-state index contributed by atoms with van der Waals surface area (Å²) in [6.45, 7) is 1.16. The fourth-order valence-electron chi connectivity index (χ4n) is 1.69. The first-order chi connectivity index (χ1) is 8.26. The maximum atomic E-state index is 12.1. The summed E-state index contributed by atoms with van der Waals surface area (Å²) < 4.78 is 6.68. The molecular formula is C12H15N3O2. The third-order valence-corrected chi connectivity index (χ3v) is 2.64. The van der Waals surface area contributed by atoms with Crippen molar-refractivity contribution in [1.82, 2.24) is 9.55 Å². The average molecular weight is 233 g/mol. The van der Waals surface area contributed by atoms with Gasteiger partial charge in [0.15, 0.2) is 0 Å². The summed E-state index contributed by atoms with van der Waals surface area (Å²) >= 11 is 0. The van der Waals surface area contributed by atoms with Crippen LogP contribution >= 0.6 is 0 Å². The highest BCUT2D eigenvalue weighted by Gasteiger charge is 2.04. The first-order valence-electron chi connectivity index (χ1n) is 5.49. The highest BCUT2D eigenvalue weighted by Crippen LogP contribution is 2.15. The van der Waals surface area contributed by atoms with Gasteiger partial charge in [0, 0.05) is 12.6 Å². The minimum Gasteiger partial charge on any atom is -0.497 e. The van der Waals surface area contributed by atoms with Gasteiger partial charge in [0.25, 0.3) is 5.56 Å². The predicted octanol–water partition coefficient (Wildman–Crippen LogP) is 0.754. The SMILES string of the molecule is COc1ccc2c(=O)n(CCCN)cnc2c1. The van der Waals surface area contributed by atoms with Crippen LogP contribution in [-0.2, 0) is 6.54 Å². The van der Waals surface area contributed by atoms with E-state index in [0.717, 1.165) is 6.42 Å². The van der Waals surface area contributed by atoms with E-state index in [1.807, 2.05) is 0 Å². The van der Waals surface area contributed by atoms with Crippen molar-refractivity contribution in [3.8, 4) is 5.75 Å². The molecule has 5 nitrogen and oxygen atoms in total. The molecule has 0 spiro atoms. The molecule has 0 saturated heterocycles. The first-order valence-corrected chi connectivity index (χ1v) is 5.49. The smallest absolute Gasteiger partial charge is 0.261 e. The summed E-state index contributed by atoms with van der Waals surface area (Å²) in [5.74, 6) is 0.698. The van der Waals surface area contributed by atoms with E-state index in [1.165, 1.54) is 0 Å². The lowest BCUT2D eigenvalue weighted by Gasteiger charge is -2.06. The second-order valence-corrected chi connectivity index (χ2v) is 3.77. The van der Waals surface area contributed by atoms with Crippen LogP contribution in [-0.4, -0.2) is 23.2 Å². The van der Waals surface area contributed by atoms with E-state index in [2.05, 4.69) is 4.98 Å². The van der Waals surface area contributed by atoms with E-state index in [9.17, 15) is 4.79 Å². The number of benzene rings is 1. The van der Waals surface area contributed by atoms with Crippen LogP contribution in [0.2, 0.25) is 0 Å². The largest absolute Gasteiger partial charge is 0.497 e. The summed E-state index contributed by atoms with van der Waals surface area (Å²) in [5.41, 5.74) is 6.04. The van der Waals surface area contributed by atoms with Crippen molar-refractivity contribution in [2.75, 3.05) is 13.7 Å². The van der Waals surface area contributed by atoms with E-state index in [-0.39, 0.29) is 5.56 Å². The van der Waals surface area contributed by atoms with Crippen molar-refractivity contribution in [1.29, 1.82) is 0 Å². The third kappa shape index (κ3) is 2.29. The van der Waals surface area contributed by atoms with Gasteiger partial charge in [0.2, 0.25) is 0 Å². The van der Waals surface area contributed by atoms with Gasteiger partial charge in [-0.25, -0.2) is 4.98 Å². The monoisotopic (exact) mass is 233 g/mol. The summed E-state index contributed by atoms with van der Waals surface area (Å²) in [4.78, 5) is 16.3. The highest BCUT2D eigenvalue weighted by molar-refractivity contribution is 5.78. The molecule has 0 fully saturated rings. The number of aryl methyl sites for hydroxylation is 1. The number of fused-ring (bicyclic) bond motifs is 1. The lowest BCUT2D eigenvalue weighted by Crippen LogP contribution is -2.21. The topological polar surface area (TPSA) is 70.1 Å². The van der Waals surface area contributed by atoms with E-state index in [0.29, 0.717) is 29.7 Å². The number of rotatable bonds is 4. The minimum absolute atomic E-state index is 0.0360. The molecule has 0 aliphatic heterocycles. The molecule has 1 aromatic heterocycles. The predicted molar refractivity (Wildman–Crippen MR) is 66.2 cm³/mol. The lowest BCUT2D eigenvalue weighted by molar-refractivity contribution is 0.415. The molecule has 0 amide bonds. The van der Waals surface area contributed by atoms with Crippen LogP contribution in [0, 0.1) is 0 Å². The van der Waals surface area contributed by atoms with Gasteiger partial charge < -0.3 is 10.5 Å². The van der Waals surface area contributed by atoms with Crippen molar-refractivity contribution in [3.05, 3.63) is 34.9 Å². The zero-order valence-corrected chi connectivity index (χ0v) is 9.72. The van der Waals surface area contributed by atoms with Crippen molar-refractivity contribution in [2.45, 2.75) is 13.0 Å². The van der Waals surface area contributed by atoms with Crippen LogP contribution in [0.25, 0.3) is 10.9 Å². The second kappa shape index (κ2) is 4.97. The van der Waals surface area contributed by atoms with Crippen molar-refractivity contribution >= 4 is 10.9 Å². The minimum atomic E-state index is -0.0360. The fourth-order valence-corrected chi connectivity index (χ4v) is 1.69. The van der Waals surface area contributed by atoms with Gasteiger partial charge in [-0.2, -0.15) is 0 Å². The molecule has 5 heteroatoms. The molecule has 2 N–H and O–H groups in total. The number of methoxy groups -OCH3 is 1. The van der Waals surface area contributed by atoms with Gasteiger partial charge in [-0.05, 0) is 25.1 Å². The Bertz CT molecular complexity index is 577. The zero-order valence-electron chi connectivity index (χ0n) is 9.72. The lowest BCUT2D eigenvalue weighted by atomic mass is 10.2. The Morgan fingerprint density at radius 2 is 2.29 bits per heavy atom. The number of ether oxygens (including phenoxy) is 1. The first kappa shape index (κ1) is 11.6. The Labute approximate surface area is 98.8 Å². The summed E-state index contributed by atoms with van der Waals surface area (Å²) in [7, 11) is 1.59. The fraction of sp³-hybridized carbons (Fsp3) is 0.333. The Morgan fingerprint density at radius 3 is 3.00 bits per heavy atom. The zero-order chi connectivity index (χ0) is 12.3. The Balaban J connectivity index is 2.49. The normalized spacial score (nSPS) is 10.7. The molecule has 2 rings (SSSR count). The molecule has 0 radical (unpaired) electrons. The van der Waals surface area contributed by atoms with E-state index in [4.69, 9.17) is 10.5 Å². The number of hydrogen-bond donors (Lipinski definition) is 1. The second-order valence-electron chi connectivity index (χ2n) is 3.77. The van der Waals surface area contributed by atoms with Crippen LogP contribution in [0.4, 0.5) is 0 Å². The Morgan fingerprint density at radius 1 is 1.47 bits per heavy atom. The number of nitrogens with two attached hydrogens (primary N) is 1. The molecule has 0 aliphatic carbocycles. The van der Waals surface area contributed by atoms with Crippen molar-refractivity contribution in [2.24, 2.45) is 5.73 Å². The molecule has 2 aromatic rings. The third-order valence-electron chi connectivity index (χ3n) is 2.64. The standard InChI is InChI=1S/C12H15N3O2/c1-17-9-3-4-10-11(7-9)14-8-15(12(10)16)6-2-5-13/h3-4,7-8H,2,5-6,13H2,1H3. The maximum absolute atomic E-state index is 12.1. The summed E-state index contributed by atoms with van der Waals surface area (Å²) in [6, 6.07) is 5.26. The molecule has 0 aliphatic rings. The van der Waals surface area contributed by atoms with E-state index < -0.39 is 0 Å². The summed E-state index contributed by atoms with van der Waals surface area (Å²) in [6.07, 6.45) is 2.32. The number of aromatic nitrogens is 2. The average Bonchev–Trinajstić information content (AvgIpc) is 2.37. The molecule has 0 bridgehead atoms. The van der Waals surface area contributed by atoms with Crippen molar-refractivity contribution < 1.29 is 4.74 Å². The molecule has 17 heavy (non-hydrogen) atoms. The molecular weight excluding hydrogens is 218 g/mol. The van der Waals surface area contributed by atoms with Crippen LogP contribution in [0.5, 0.6) is 5.75 Å². The Kier molecular flexibility index (Phi) is 3.39. The van der Waals surface area contributed by atoms with Crippen LogP contribution < -0.4 is 16.0 Å². The molecule has 1 aromatic carbocycles. The number of hydrogen-bond acceptors (Lipinski definition) is 4. The van der Waals surface area contributed by atoms with Crippen molar-refractivity contribution in [3.63, 3.8) is 0 Å². The van der Waals surface area contributed by atoms with Gasteiger partial charge in [0.05, 0.1) is 24.3 Å². The quantitative estimate of drug-likeness (QED) is 0.846. The Hall–Kier alpha value is -1.88. The highest BCUT2D eigenvalue weighted by atomic mass is 16.5. The molecule has 0 unspecified atom stereocenters. The van der Waals surface area contributed by atoms with Crippen LogP contribution in [0.3, 0.4) is 0 Å². The van der Waals surface area contributed by atoms with E-state index in [1.54, 1.807) is 36.2 Å². The van der Waals surface area contributed by atoms with E-state index >= 15 is 0 Å². The summed E-state index contributed by atoms with van der Waals surface area (Å²) in [5, 5.41) is 0.602. The van der Waals surface area contributed by atoms with Crippen LogP contribution in [0.1, 0.15) is 6.42 Å². The van der Waals surface area contributed by atoms with Gasteiger partial charge in [-0.1, -0.05) is 0 Å². The maximum Gasteiger partial charge on any atom is 0.261 e. The molecule has 1 heterocycles. The van der Waals surface area contributed by atoms with Gasteiger partial charge in [0.1, 0.15) is 5.75 Å².